The predicted molar refractivity (Wildman–Crippen MR) is 92.0 cm³/mol. The summed E-state index contributed by atoms with van der Waals surface area (Å²) in [4.78, 5) is 17.5. The minimum Gasteiger partial charge on any atom is -0.397 e. The highest BCUT2D eigenvalue weighted by molar-refractivity contribution is 7.21. The number of halogens is 2. The third-order valence-corrected chi connectivity index (χ3v) is 4.54. The van der Waals surface area contributed by atoms with E-state index >= 15 is 0 Å². The van der Waals surface area contributed by atoms with Gasteiger partial charge >= 0.3 is 0 Å². The molecule has 7 heteroatoms. The zero-order valence-electron chi connectivity index (χ0n) is 13.1. The van der Waals surface area contributed by atoms with E-state index in [4.69, 9.17) is 5.73 Å². The van der Waals surface area contributed by atoms with Crippen LogP contribution in [0.5, 0.6) is 0 Å². The van der Waals surface area contributed by atoms with Gasteiger partial charge in [-0.15, -0.1) is 11.3 Å². The minimum atomic E-state index is -0.691. The second-order valence-electron chi connectivity index (χ2n) is 5.65. The smallest absolute Gasteiger partial charge is 0.263 e. The number of fused-ring (bicyclic) bond motifs is 1. The number of nitrogens with zero attached hydrogens (tertiary/aromatic N) is 1. The molecular weight excluding hydrogens is 332 g/mol. The van der Waals surface area contributed by atoms with E-state index in [0.717, 1.165) is 17.4 Å². The Morgan fingerprint density at radius 1 is 1.25 bits per heavy atom. The highest BCUT2D eigenvalue weighted by Gasteiger charge is 2.18. The summed E-state index contributed by atoms with van der Waals surface area (Å²) < 4.78 is 27.0. The van der Waals surface area contributed by atoms with E-state index in [0.29, 0.717) is 26.5 Å². The Balaban J connectivity index is 2.07. The highest BCUT2D eigenvalue weighted by Crippen LogP contribution is 2.34. The average molecular weight is 347 g/mol. The first-order valence-corrected chi connectivity index (χ1v) is 8.13. The van der Waals surface area contributed by atoms with E-state index in [1.807, 2.05) is 13.8 Å². The molecule has 0 saturated carbocycles. The van der Waals surface area contributed by atoms with E-state index < -0.39 is 11.6 Å². The van der Waals surface area contributed by atoms with Crippen molar-refractivity contribution < 1.29 is 13.6 Å². The second kappa shape index (κ2) is 6.16. The molecule has 0 saturated heterocycles. The SMILES string of the molecule is CC(C)NC(=O)c1sc2nc(-c3ccc(F)cc3F)ccc2c1N. The van der Waals surface area contributed by atoms with Gasteiger partial charge in [-0.25, -0.2) is 13.8 Å². The fourth-order valence-corrected chi connectivity index (χ4v) is 3.34. The molecule has 0 aliphatic heterocycles. The second-order valence-corrected chi connectivity index (χ2v) is 6.65. The molecule has 124 valence electrons. The van der Waals surface area contributed by atoms with Gasteiger partial charge in [0.1, 0.15) is 21.3 Å². The number of amides is 1. The van der Waals surface area contributed by atoms with Crippen molar-refractivity contribution in [2.24, 2.45) is 0 Å². The number of nitrogens with one attached hydrogen (secondary N) is 1. The van der Waals surface area contributed by atoms with Crippen LogP contribution in [-0.2, 0) is 0 Å². The van der Waals surface area contributed by atoms with Crippen molar-refractivity contribution in [2.75, 3.05) is 5.73 Å². The zero-order valence-corrected chi connectivity index (χ0v) is 13.9. The van der Waals surface area contributed by atoms with Gasteiger partial charge in [-0.3, -0.25) is 4.79 Å². The monoisotopic (exact) mass is 347 g/mol. The number of carbonyl (C=O) groups is 1. The number of hydrogen-bond donors (Lipinski definition) is 2. The Morgan fingerprint density at radius 2 is 2.00 bits per heavy atom. The maximum absolute atomic E-state index is 13.9. The fourth-order valence-electron chi connectivity index (χ4n) is 2.34. The fraction of sp³-hybridized carbons (Fsp3) is 0.176. The Kier molecular flexibility index (Phi) is 4.19. The van der Waals surface area contributed by atoms with E-state index in [1.165, 1.54) is 12.1 Å². The first-order chi connectivity index (χ1) is 11.4. The summed E-state index contributed by atoms with van der Waals surface area (Å²) in [7, 11) is 0. The number of anilines is 1. The lowest BCUT2D eigenvalue weighted by Gasteiger charge is -2.06. The van der Waals surface area contributed by atoms with E-state index in [2.05, 4.69) is 10.3 Å². The molecule has 1 aromatic carbocycles. The minimum absolute atomic E-state index is 0.0149. The number of rotatable bonds is 3. The molecule has 3 N–H and O–H groups in total. The van der Waals surface area contributed by atoms with Gasteiger partial charge in [-0.2, -0.15) is 0 Å². The van der Waals surface area contributed by atoms with Gasteiger partial charge in [0.2, 0.25) is 0 Å². The summed E-state index contributed by atoms with van der Waals surface area (Å²) >= 11 is 1.15. The Bertz CT molecular complexity index is 937. The molecule has 0 aliphatic carbocycles. The molecule has 0 radical (unpaired) electrons. The van der Waals surface area contributed by atoms with Gasteiger partial charge in [0.15, 0.2) is 0 Å². The molecule has 0 fully saturated rings. The molecule has 3 aromatic rings. The Hall–Kier alpha value is -2.54. The first-order valence-electron chi connectivity index (χ1n) is 7.32. The van der Waals surface area contributed by atoms with Crippen molar-refractivity contribution in [2.45, 2.75) is 19.9 Å². The van der Waals surface area contributed by atoms with Gasteiger partial charge in [0.05, 0.1) is 11.4 Å². The third kappa shape index (κ3) is 2.94. The van der Waals surface area contributed by atoms with Crippen LogP contribution in [0.15, 0.2) is 30.3 Å². The van der Waals surface area contributed by atoms with Crippen LogP contribution in [-0.4, -0.2) is 16.9 Å². The van der Waals surface area contributed by atoms with Crippen LogP contribution in [0, 0.1) is 11.6 Å². The number of pyridine rings is 1. The molecule has 0 spiro atoms. The zero-order chi connectivity index (χ0) is 17.4. The van der Waals surface area contributed by atoms with E-state index in [-0.39, 0.29) is 17.5 Å². The van der Waals surface area contributed by atoms with Crippen molar-refractivity contribution >= 4 is 33.1 Å². The Morgan fingerprint density at radius 3 is 2.67 bits per heavy atom. The van der Waals surface area contributed by atoms with Gasteiger partial charge in [-0.1, -0.05) is 0 Å². The number of nitrogen functional groups attached to an aromatic ring is 1. The molecule has 0 bridgehead atoms. The largest absolute Gasteiger partial charge is 0.397 e. The lowest BCUT2D eigenvalue weighted by molar-refractivity contribution is 0.0948. The summed E-state index contributed by atoms with van der Waals surface area (Å²) in [6, 6.07) is 6.60. The number of thiophene rings is 1. The summed E-state index contributed by atoms with van der Waals surface area (Å²) in [5, 5.41) is 3.42. The number of hydrogen-bond acceptors (Lipinski definition) is 4. The molecular formula is C17H15F2N3OS. The van der Waals surface area contributed by atoms with Gasteiger partial charge < -0.3 is 11.1 Å². The van der Waals surface area contributed by atoms with Crippen molar-refractivity contribution in [3.8, 4) is 11.3 Å². The molecule has 2 aromatic heterocycles. The normalized spacial score (nSPS) is 11.2. The van der Waals surface area contributed by atoms with E-state index in [1.54, 1.807) is 12.1 Å². The van der Waals surface area contributed by atoms with E-state index in [9.17, 15) is 13.6 Å². The molecule has 4 nitrogen and oxygen atoms in total. The predicted octanol–water partition coefficient (Wildman–Crippen LogP) is 3.96. The van der Waals surface area contributed by atoms with Crippen LogP contribution < -0.4 is 11.1 Å². The molecule has 1 amide bonds. The van der Waals surface area contributed by atoms with Crippen molar-refractivity contribution in [1.29, 1.82) is 0 Å². The first kappa shape index (κ1) is 16.3. The molecule has 0 unspecified atom stereocenters. The number of aromatic nitrogens is 1. The summed E-state index contributed by atoms with van der Waals surface area (Å²) in [5.74, 6) is -1.60. The maximum atomic E-state index is 13.9. The molecule has 3 rings (SSSR count). The quantitative estimate of drug-likeness (QED) is 0.753. The van der Waals surface area contributed by atoms with Crippen LogP contribution in [0.25, 0.3) is 21.5 Å². The summed E-state index contributed by atoms with van der Waals surface area (Å²) in [6.07, 6.45) is 0. The van der Waals surface area contributed by atoms with Crippen molar-refractivity contribution in [3.05, 3.63) is 46.8 Å². The number of carbonyl (C=O) groups excluding carboxylic acids is 1. The summed E-state index contributed by atoms with van der Waals surface area (Å²) in [6.45, 7) is 3.71. The van der Waals surface area contributed by atoms with Gasteiger partial charge in [0.25, 0.3) is 5.91 Å². The Labute approximate surface area is 141 Å². The summed E-state index contributed by atoms with van der Waals surface area (Å²) in [5.41, 5.74) is 6.94. The van der Waals surface area contributed by atoms with Crippen LogP contribution in [0.2, 0.25) is 0 Å². The standard InChI is InChI=1S/C17H15F2N3OS/c1-8(2)21-16(23)15-14(20)11-5-6-13(22-17(11)24-15)10-4-3-9(18)7-12(10)19/h3-8H,20H2,1-2H3,(H,21,23). The van der Waals surface area contributed by atoms with Crippen LogP contribution >= 0.6 is 11.3 Å². The maximum Gasteiger partial charge on any atom is 0.263 e. The third-order valence-electron chi connectivity index (χ3n) is 3.43. The van der Waals surface area contributed by atoms with Crippen LogP contribution in [0.1, 0.15) is 23.5 Å². The topological polar surface area (TPSA) is 68.0 Å². The number of benzene rings is 1. The average Bonchev–Trinajstić information content (AvgIpc) is 2.83. The molecule has 0 atom stereocenters. The van der Waals surface area contributed by atoms with Crippen molar-refractivity contribution in [3.63, 3.8) is 0 Å². The lowest BCUT2D eigenvalue weighted by Crippen LogP contribution is -2.29. The molecule has 0 aliphatic rings. The highest BCUT2D eigenvalue weighted by atomic mass is 32.1. The lowest BCUT2D eigenvalue weighted by atomic mass is 10.1. The van der Waals surface area contributed by atoms with Crippen LogP contribution in [0.4, 0.5) is 14.5 Å². The van der Waals surface area contributed by atoms with Crippen molar-refractivity contribution in [1.82, 2.24) is 10.3 Å². The molecule has 24 heavy (non-hydrogen) atoms. The van der Waals surface area contributed by atoms with Gasteiger partial charge in [0, 0.05) is 23.1 Å². The molecule has 2 heterocycles. The number of nitrogens with two attached hydrogens (primary N) is 1. The van der Waals surface area contributed by atoms with Gasteiger partial charge in [-0.05, 0) is 38.1 Å². The van der Waals surface area contributed by atoms with Crippen LogP contribution in [0.3, 0.4) is 0 Å².